The molecule has 23 heavy (non-hydrogen) atoms. The van der Waals surface area contributed by atoms with Gasteiger partial charge in [0.25, 0.3) is 0 Å². The minimum atomic E-state index is -0.492. The van der Waals surface area contributed by atoms with Crippen molar-refractivity contribution in [3.63, 3.8) is 0 Å². The Morgan fingerprint density at radius 1 is 0.957 bits per heavy atom. The maximum absolute atomic E-state index is 12.1. The van der Waals surface area contributed by atoms with E-state index in [1.807, 2.05) is 42.5 Å². The molecule has 0 N–H and O–H groups in total. The zero-order chi connectivity index (χ0) is 16.7. The lowest BCUT2D eigenvalue weighted by molar-refractivity contribution is -0.145. The molecule has 120 valence electrons. The van der Waals surface area contributed by atoms with E-state index in [0.717, 1.165) is 16.3 Å². The first kappa shape index (κ1) is 16.7. The number of carbonyl (C=O) groups excluding carboxylic acids is 2. The second-order valence-corrected chi connectivity index (χ2v) is 4.94. The van der Waals surface area contributed by atoms with Gasteiger partial charge in [0, 0.05) is 5.57 Å². The Labute approximate surface area is 135 Å². The number of ether oxygens (including phenoxy) is 2. The van der Waals surface area contributed by atoms with Crippen molar-refractivity contribution in [2.45, 2.75) is 20.3 Å². The summed E-state index contributed by atoms with van der Waals surface area (Å²) >= 11 is 0. The fraction of sp³-hybridized carbons (Fsp3) is 0.263. The monoisotopic (exact) mass is 312 g/mol. The topological polar surface area (TPSA) is 52.6 Å². The summed E-state index contributed by atoms with van der Waals surface area (Å²) in [4.78, 5) is 23.9. The first-order chi connectivity index (χ1) is 11.2. The van der Waals surface area contributed by atoms with Gasteiger partial charge in [-0.05, 0) is 36.3 Å². The van der Waals surface area contributed by atoms with Gasteiger partial charge in [-0.1, -0.05) is 42.5 Å². The molecule has 0 amide bonds. The Bertz CT molecular complexity index is 726. The van der Waals surface area contributed by atoms with E-state index in [9.17, 15) is 9.59 Å². The molecule has 0 heterocycles. The van der Waals surface area contributed by atoms with Gasteiger partial charge in [-0.25, -0.2) is 4.79 Å². The first-order valence-electron chi connectivity index (χ1n) is 7.66. The quantitative estimate of drug-likeness (QED) is 0.602. The Kier molecular flexibility index (Phi) is 5.92. The predicted octanol–water partition coefficient (Wildman–Crippen LogP) is 3.74. The summed E-state index contributed by atoms with van der Waals surface area (Å²) in [6.45, 7) is 4.01. The van der Waals surface area contributed by atoms with Crippen molar-refractivity contribution in [3.8, 4) is 0 Å². The molecular weight excluding hydrogens is 292 g/mol. The summed E-state index contributed by atoms with van der Waals surface area (Å²) in [5.74, 6) is -0.930. The molecule has 0 aliphatic rings. The molecule has 0 fully saturated rings. The van der Waals surface area contributed by atoms with Gasteiger partial charge in [0.05, 0.1) is 19.6 Å². The van der Waals surface area contributed by atoms with Gasteiger partial charge < -0.3 is 9.47 Å². The molecule has 4 heteroatoms. The number of fused-ring (bicyclic) bond motifs is 1. The lowest BCUT2D eigenvalue weighted by Gasteiger charge is -2.08. The Morgan fingerprint density at radius 3 is 2.39 bits per heavy atom. The van der Waals surface area contributed by atoms with E-state index in [1.165, 1.54) is 0 Å². The van der Waals surface area contributed by atoms with Gasteiger partial charge in [-0.2, -0.15) is 0 Å². The van der Waals surface area contributed by atoms with Crippen LogP contribution in [0.5, 0.6) is 0 Å². The van der Waals surface area contributed by atoms with Gasteiger partial charge in [0.15, 0.2) is 0 Å². The molecule has 0 aromatic heterocycles. The van der Waals surface area contributed by atoms with E-state index >= 15 is 0 Å². The van der Waals surface area contributed by atoms with Crippen molar-refractivity contribution in [1.29, 1.82) is 0 Å². The van der Waals surface area contributed by atoms with Crippen LogP contribution < -0.4 is 0 Å². The molecular formula is C19H20O4. The summed E-state index contributed by atoms with van der Waals surface area (Å²) in [6, 6.07) is 13.7. The number of benzene rings is 2. The van der Waals surface area contributed by atoms with Crippen molar-refractivity contribution in [2.75, 3.05) is 13.2 Å². The van der Waals surface area contributed by atoms with Crippen molar-refractivity contribution in [3.05, 3.63) is 53.6 Å². The smallest absolute Gasteiger partial charge is 0.334 e. The van der Waals surface area contributed by atoms with Crippen molar-refractivity contribution < 1.29 is 19.1 Å². The number of hydrogen-bond acceptors (Lipinski definition) is 4. The summed E-state index contributed by atoms with van der Waals surface area (Å²) in [6.07, 6.45) is 1.60. The highest BCUT2D eigenvalue weighted by Crippen LogP contribution is 2.22. The van der Waals surface area contributed by atoms with Crippen LogP contribution in [0.25, 0.3) is 16.8 Å². The van der Waals surface area contributed by atoms with Gasteiger partial charge in [0.1, 0.15) is 0 Å². The second kappa shape index (κ2) is 8.13. The maximum Gasteiger partial charge on any atom is 0.334 e. The molecule has 2 rings (SSSR count). The zero-order valence-corrected chi connectivity index (χ0v) is 13.4. The van der Waals surface area contributed by atoms with Crippen LogP contribution in [-0.2, 0) is 19.1 Å². The van der Waals surface area contributed by atoms with E-state index in [4.69, 9.17) is 9.47 Å². The van der Waals surface area contributed by atoms with Gasteiger partial charge in [-0.3, -0.25) is 4.79 Å². The van der Waals surface area contributed by atoms with E-state index in [-0.39, 0.29) is 19.6 Å². The summed E-state index contributed by atoms with van der Waals surface area (Å²) < 4.78 is 9.99. The van der Waals surface area contributed by atoms with E-state index < -0.39 is 11.9 Å². The summed E-state index contributed by atoms with van der Waals surface area (Å²) in [5, 5.41) is 2.08. The minimum Gasteiger partial charge on any atom is -0.466 e. The first-order valence-corrected chi connectivity index (χ1v) is 7.66. The Balaban J connectivity index is 2.41. The number of rotatable bonds is 6. The van der Waals surface area contributed by atoms with Crippen LogP contribution in [0, 0.1) is 0 Å². The van der Waals surface area contributed by atoms with Crippen LogP contribution >= 0.6 is 0 Å². The normalized spacial score (nSPS) is 11.3. The highest BCUT2D eigenvalue weighted by molar-refractivity contribution is 6.01. The van der Waals surface area contributed by atoms with Gasteiger partial charge >= 0.3 is 11.9 Å². The van der Waals surface area contributed by atoms with Crippen LogP contribution in [0.4, 0.5) is 0 Å². The fourth-order valence-electron chi connectivity index (χ4n) is 2.34. The molecule has 0 aliphatic carbocycles. The second-order valence-electron chi connectivity index (χ2n) is 4.94. The van der Waals surface area contributed by atoms with E-state index in [1.54, 1.807) is 19.9 Å². The molecule has 0 aliphatic heterocycles. The third kappa shape index (κ3) is 4.42. The fourth-order valence-corrected chi connectivity index (χ4v) is 2.34. The molecule has 0 saturated carbocycles. The standard InChI is InChI=1S/C19H20O4/c1-3-22-18(20)13-16(19(21)23-4-2)12-15-10-7-9-14-8-5-6-11-17(14)15/h5-12H,3-4,13H2,1-2H3. The molecule has 2 aromatic carbocycles. The number of hydrogen-bond donors (Lipinski definition) is 0. The molecule has 0 radical (unpaired) electrons. The van der Waals surface area contributed by atoms with Crippen molar-refractivity contribution in [2.24, 2.45) is 0 Å². The van der Waals surface area contributed by atoms with Crippen molar-refractivity contribution in [1.82, 2.24) is 0 Å². The lowest BCUT2D eigenvalue weighted by atomic mass is 10.0. The highest BCUT2D eigenvalue weighted by Gasteiger charge is 2.16. The number of esters is 2. The van der Waals surface area contributed by atoms with Crippen LogP contribution in [0.2, 0.25) is 0 Å². The van der Waals surface area contributed by atoms with E-state index in [2.05, 4.69) is 0 Å². The molecule has 4 nitrogen and oxygen atoms in total. The third-order valence-corrected chi connectivity index (χ3v) is 3.33. The average Bonchev–Trinajstić information content (AvgIpc) is 2.55. The molecule has 2 aromatic rings. The molecule has 0 unspecified atom stereocenters. The molecule has 0 spiro atoms. The van der Waals surface area contributed by atoms with Crippen LogP contribution in [0.15, 0.2) is 48.0 Å². The van der Waals surface area contributed by atoms with Gasteiger partial charge in [0.2, 0.25) is 0 Å². The lowest BCUT2D eigenvalue weighted by Crippen LogP contribution is -2.13. The summed E-state index contributed by atoms with van der Waals surface area (Å²) in [7, 11) is 0. The van der Waals surface area contributed by atoms with E-state index in [0.29, 0.717) is 5.57 Å². The number of carbonyl (C=O) groups is 2. The molecule has 0 saturated heterocycles. The SMILES string of the molecule is CCOC(=O)CC(=Cc1cccc2ccccc12)C(=O)OCC. The zero-order valence-electron chi connectivity index (χ0n) is 13.4. The largest absolute Gasteiger partial charge is 0.466 e. The Hall–Kier alpha value is -2.62. The van der Waals surface area contributed by atoms with Crippen LogP contribution in [0.3, 0.4) is 0 Å². The van der Waals surface area contributed by atoms with Gasteiger partial charge in [-0.15, -0.1) is 0 Å². The van der Waals surface area contributed by atoms with Crippen LogP contribution in [-0.4, -0.2) is 25.2 Å². The predicted molar refractivity (Wildman–Crippen MR) is 89.8 cm³/mol. The maximum atomic E-state index is 12.1. The van der Waals surface area contributed by atoms with Crippen LogP contribution in [0.1, 0.15) is 25.8 Å². The highest BCUT2D eigenvalue weighted by atomic mass is 16.5. The third-order valence-electron chi connectivity index (χ3n) is 3.33. The minimum absolute atomic E-state index is 0.101. The van der Waals surface area contributed by atoms with Crippen molar-refractivity contribution >= 4 is 28.8 Å². The molecule has 0 bridgehead atoms. The molecule has 0 atom stereocenters. The average molecular weight is 312 g/mol. The Morgan fingerprint density at radius 2 is 1.65 bits per heavy atom. The summed E-state index contributed by atoms with van der Waals surface area (Å²) in [5.41, 5.74) is 1.16.